The van der Waals surface area contributed by atoms with Crippen molar-refractivity contribution in [3.63, 3.8) is 0 Å². The molecule has 1 aromatic rings. The van der Waals surface area contributed by atoms with Crippen LogP contribution in [-0.2, 0) is 20.8 Å². The van der Waals surface area contributed by atoms with E-state index in [-0.39, 0.29) is 23.8 Å². The fourth-order valence-corrected chi connectivity index (χ4v) is 2.36. The predicted molar refractivity (Wildman–Crippen MR) is 61.0 cm³/mol. The lowest BCUT2D eigenvalue weighted by Gasteiger charge is -2.10. The van der Waals surface area contributed by atoms with Gasteiger partial charge in [0.1, 0.15) is 11.6 Å². The van der Waals surface area contributed by atoms with E-state index < -0.39 is 0 Å². The standard InChI is InChI=1S/C12H12FNO2.CO2/c13-10-5-11-7(1-2-16-11)3-9(10)8-4-12(15)14-6-8;2-1-3/h3,5,8H,1-2,4,6H2,(H,14,15);/t8-;/m0./s1. The summed E-state index contributed by atoms with van der Waals surface area (Å²) in [7, 11) is 0. The maximum Gasteiger partial charge on any atom is 0.373 e. The van der Waals surface area contributed by atoms with Crippen LogP contribution in [-0.4, -0.2) is 25.2 Å². The Kier molecular flexibility index (Phi) is 3.92. The molecule has 0 spiro atoms. The zero-order chi connectivity index (χ0) is 13.8. The quantitative estimate of drug-likeness (QED) is 0.814. The number of halogens is 1. The van der Waals surface area contributed by atoms with Crippen molar-refractivity contribution >= 4 is 12.1 Å². The molecule has 0 saturated carbocycles. The molecule has 6 heteroatoms. The van der Waals surface area contributed by atoms with Crippen LogP contribution < -0.4 is 10.1 Å². The molecule has 2 aliphatic rings. The first-order valence-corrected chi connectivity index (χ1v) is 5.86. The Morgan fingerprint density at radius 1 is 1.37 bits per heavy atom. The predicted octanol–water partition coefficient (Wildman–Crippen LogP) is 0.781. The lowest BCUT2D eigenvalue weighted by atomic mass is 9.95. The maximum absolute atomic E-state index is 13.8. The Morgan fingerprint density at radius 3 is 2.74 bits per heavy atom. The van der Waals surface area contributed by atoms with E-state index in [0.717, 1.165) is 12.0 Å². The summed E-state index contributed by atoms with van der Waals surface area (Å²) >= 11 is 0. The average Bonchev–Trinajstić information content (AvgIpc) is 2.97. The van der Waals surface area contributed by atoms with Crippen LogP contribution in [0.2, 0.25) is 0 Å². The van der Waals surface area contributed by atoms with Crippen molar-refractivity contribution in [2.24, 2.45) is 0 Å². The van der Waals surface area contributed by atoms with Crippen molar-refractivity contribution in [2.75, 3.05) is 13.2 Å². The smallest absolute Gasteiger partial charge is 0.373 e. The van der Waals surface area contributed by atoms with Gasteiger partial charge >= 0.3 is 6.15 Å². The first-order chi connectivity index (χ1) is 9.15. The van der Waals surface area contributed by atoms with Crippen molar-refractivity contribution in [3.8, 4) is 5.75 Å². The highest BCUT2D eigenvalue weighted by atomic mass is 19.1. The molecule has 0 radical (unpaired) electrons. The largest absolute Gasteiger partial charge is 0.493 e. The van der Waals surface area contributed by atoms with Crippen LogP contribution in [0.3, 0.4) is 0 Å². The molecule has 1 aromatic carbocycles. The van der Waals surface area contributed by atoms with Gasteiger partial charge < -0.3 is 10.1 Å². The maximum atomic E-state index is 13.8. The minimum atomic E-state index is -0.262. The van der Waals surface area contributed by atoms with Crippen LogP contribution in [0, 0.1) is 5.82 Å². The molecule has 1 atom stereocenters. The van der Waals surface area contributed by atoms with Gasteiger partial charge in [-0.3, -0.25) is 4.79 Å². The van der Waals surface area contributed by atoms with Crippen LogP contribution in [0.1, 0.15) is 23.5 Å². The SMILES string of the molecule is O=C1C[C@H](c2cc3c(cc2F)OCC3)CN1.O=C=O. The number of amides is 1. The molecule has 100 valence electrons. The number of rotatable bonds is 1. The lowest BCUT2D eigenvalue weighted by molar-refractivity contribution is -0.191. The Hall–Kier alpha value is -2.20. The lowest BCUT2D eigenvalue weighted by Crippen LogP contribution is -2.13. The second kappa shape index (κ2) is 5.63. The highest BCUT2D eigenvalue weighted by Crippen LogP contribution is 2.33. The number of hydrogen-bond acceptors (Lipinski definition) is 4. The second-order valence-electron chi connectivity index (χ2n) is 4.37. The Labute approximate surface area is 108 Å². The summed E-state index contributed by atoms with van der Waals surface area (Å²) in [4.78, 5) is 27.4. The molecule has 1 saturated heterocycles. The first-order valence-electron chi connectivity index (χ1n) is 5.86. The number of nitrogens with one attached hydrogen (secondary N) is 1. The first kappa shape index (κ1) is 13.2. The normalized spacial score (nSPS) is 19.6. The molecule has 0 bridgehead atoms. The zero-order valence-corrected chi connectivity index (χ0v) is 10.1. The molecule has 0 aliphatic carbocycles. The van der Waals surface area contributed by atoms with E-state index in [1.807, 2.05) is 6.07 Å². The number of hydrogen-bond donors (Lipinski definition) is 1. The molecule has 19 heavy (non-hydrogen) atoms. The van der Waals surface area contributed by atoms with E-state index in [2.05, 4.69) is 5.32 Å². The molecule has 0 unspecified atom stereocenters. The number of carbonyl (C=O) groups excluding carboxylic acids is 3. The third-order valence-electron chi connectivity index (χ3n) is 3.23. The van der Waals surface area contributed by atoms with Crippen molar-refractivity contribution in [1.29, 1.82) is 0 Å². The molecule has 1 fully saturated rings. The summed E-state index contributed by atoms with van der Waals surface area (Å²) in [5.74, 6) is 0.361. The van der Waals surface area contributed by atoms with Crippen LogP contribution in [0.25, 0.3) is 0 Å². The van der Waals surface area contributed by atoms with Crippen molar-refractivity contribution in [2.45, 2.75) is 18.8 Å². The van der Waals surface area contributed by atoms with Gasteiger partial charge in [-0.15, -0.1) is 0 Å². The van der Waals surface area contributed by atoms with Crippen LogP contribution >= 0.6 is 0 Å². The van der Waals surface area contributed by atoms with E-state index in [0.29, 0.717) is 30.9 Å². The minimum Gasteiger partial charge on any atom is -0.493 e. The van der Waals surface area contributed by atoms with Gasteiger partial charge in [-0.05, 0) is 17.2 Å². The zero-order valence-electron chi connectivity index (χ0n) is 10.1. The molecule has 2 aliphatic heterocycles. The number of carbonyl (C=O) groups is 1. The van der Waals surface area contributed by atoms with Gasteiger partial charge in [-0.1, -0.05) is 0 Å². The number of fused-ring (bicyclic) bond motifs is 1. The molecule has 2 heterocycles. The highest BCUT2D eigenvalue weighted by molar-refractivity contribution is 5.79. The van der Waals surface area contributed by atoms with E-state index in [9.17, 15) is 9.18 Å². The molecule has 0 aromatic heterocycles. The third-order valence-corrected chi connectivity index (χ3v) is 3.23. The van der Waals surface area contributed by atoms with Crippen LogP contribution in [0.5, 0.6) is 5.75 Å². The van der Waals surface area contributed by atoms with Gasteiger partial charge in [0.25, 0.3) is 0 Å². The van der Waals surface area contributed by atoms with Crippen molar-refractivity contribution in [1.82, 2.24) is 5.32 Å². The second-order valence-corrected chi connectivity index (χ2v) is 4.37. The fourth-order valence-electron chi connectivity index (χ4n) is 2.36. The van der Waals surface area contributed by atoms with Gasteiger partial charge in [0, 0.05) is 31.4 Å². The molecule has 1 amide bonds. The van der Waals surface area contributed by atoms with Gasteiger partial charge in [-0.25, -0.2) is 4.39 Å². The summed E-state index contributed by atoms with van der Waals surface area (Å²) in [5.41, 5.74) is 1.69. The molecule has 3 rings (SSSR count). The van der Waals surface area contributed by atoms with Gasteiger partial charge in [0.2, 0.25) is 5.91 Å². The van der Waals surface area contributed by atoms with E-state index in [1.165, 1.54) is 6.07 Å². The Morgan fingerprint density at radius 2 is 2.11 bits per heavy atom. The van der Waals surface area contributed by atoms with Crippen molar-refractivity contribution < 1.29 is 23.5 Å². The summed E-state index contributed by atoms with van der Waals surface area (Å²) in [6.07, 6.45) is 1.47. The van der Waals surface area contributed by atoms with Crippen LogP contribution in [0.4, 0.5) is 4.39 Å². The van der Waals surface area contributed by atoms with Gasteiger partial charge in [0.15, 0.2) is 0 Å². The average molecular weight is 265 g/mol. The van der Waals surface area contributed by atoms with Crippen molar-refractivity contribution in [3.05, 3.63) is 29.1 Å². The highest BCUT2D eigenvalue weighted by Gasteiger charge is 2.27. The molecule has 5 nitrogen and oxygen atoms in total. The molecule has 1 N–H and O–H groups in total. The summed E-state index contributed by atoms with van der Waals surface area (Å²) in [5, 5.41) is 2.73. The topological polar surface area (TPSA) is 72.5 Å². The Balaban J connectivity index is 0.000000408. The van der Waals surface area contributed by atoms with E-state index in [4.69, 9.17) is 14.3 Å². The van der Waals surface area contributed by atoms with Crippen LogP contribution in [0.15, 0.2) is 12.1 Å². The summed E-state index contributed by atoms with van der Waals surface area (Å²) in [6.45, 7) is 1.16. The Bertz CT molecular complexity index is 538. The third kappa shape index (κ3) is 2.80. The minimum absolute atomic E-state index is 0.00106. The molecular formula is C13H12FNO4. The number of ether oxygens (including phenoxy) is 1. The molecular weight excluding hydrogens is 253 g/mol. The van der Waals surface area contributed by atoms with E-state index >= 15 is 0 Å². The van der Waals surface area contributed by atoms with E-state index in [1.54, 1.807) is 0 Å². The van der Waals surface area contributed by atoms with Gasteiger partial charge in [0.05, 0.1) is 6.61 Å². The van der Waals surface area contributed by atoms with Gasteiger partial charge in [-0.2, -0.15) is 9.59 Å². The fraction of sp³-hybridized carbons (Fsp3) is 0.385. The number of benzene rings is 1. The summed E-state index contributed by atoms with van der Waals surface area (Å²) in [6, 6.07) is 3.29. The monoisotopic (exact) mass is 265 g/mol. The summed E-state index contributed by atoms with van der Waals surface area (Å²) < 4.78 is 19.1.